The second-order valence-electron chi connectivity index (χ2n) is 1.68. The zero-order chi connectivity index (χ0) is 6.10. The largest absolute Gasteiger partial charge is 0.456 e. The van der Waals surface area contributed by atoms with Crippen LogP contribution >= 0.6 is 0 Å². The molecule has 0 bridgehead atoms. The molecule has 0 aliphatic rings. The van der Waals surface area contributed by atoms with Crippen molar-refractivity contribution in [3.8, 4) is 0 Å². The lowest BCUT2D eigenvalue weighted by molar-refractivity contribution is -0.579. The van der Waals surface area contributed by atoms with Gasteiger partial charge >= 0.3 is 5.78 Å². The third-order valence-corrected chi connectivity index (χ3v) is 1.10. The maximum Gasteiger partial charge on any atom is 0.456 e. The standard InChI is InChI=1S/C5H4N4/c1-2-6-5-7-4-8-9(5)3-1/h1-4H/p+1. The first-order valence-corrected chi connectivity index (χ1v) is 2.62. The van der Waals surface area contributed by atoms with Crippen LogP contribution in [0.25, 0.3) is 5.78 Å². The Hall–Kier alpha value is -1.45. The van der Waals surface area contributed by atoms with Gasteiger partial charge in [-0.15, -0.1) is 4.52 Å². The summed E-state index contributed by atoms with van der Waals surface area (Å²) < 4.78 is 1.74. The summed E-state index contributed by atoms with van der Waals surface area (Å²) in [5.74, 6) is 0.692. The second-order valence-corrected chi connectivity index (χ2v) is 1.68. The van der Waals surface area contributed by atoms with Gasteiger partial charge in [-0.1, -0.05) is 9.97 Å². The van der Waals surface area contributed by atoms with Crippen LogP contribution in [0.5, 0.6) is 0 Å². The summed E-state index contributed by atoms with van der Waals surface area (Å²) in [5, 5.41) is 2.86. The molecule has 1 N–H and O–H groups in total. The van der Waals surface area contributed by atoms with Crippen LogP contribution in [0.2, 0.25) is 0 Å². The fourth-order valence-corrected chi connectivity index (χ4v) is 0.708. The molecule has 0 spiro atoms. The smallest absolute Gasteiger partial charge is 0.217 e. The van der Waals surface area contributed by atoms with Crippen LogP contribution in [0, 0.1) is 0 Å². The minimum atomic E-state index is 0.692. The Morgan fingerprint density at radius 2 is 2.44 bits per heavy atom. The van der Waals surface area contributed by atoms with Crippen molar-refractivity contribution in [2.75, 3.05) is 0 Å². The zero-order valence-electron chi connectivity index (χ0n) is 4.65. The van der Waals surface area contributed by atoms with E-state index in [9.17, 15) is 0 Å². The third-order valence-electron chi connectivity index (χ3n) is 1.10. The van der Waals surface area contributed by atoms with E-state index in [-0.39, 0.29) is 0 Å². The molecule has 9 heavy (non-hydrogen) atoms. The van der Waals surface area contributed by atoms with E-state index in [4.69, 9.17) is 0 Å². The van der Waals surface area contributed by atoms with Crippen LogP contribution in [0.4, 0.5) is 0 Å². The molecule has 4 nitrogen and oxygen atoms in total. The van der Waals surface area contributed by atoms with Gasteiger partial charge in [-0.25, -0.2) is 5.10 Å². The van der Waals surface area contributed by atoms with Crippen molar-refractivity contribution in [3.63, 3.8) is 0 Å². The van der Waals surface area contributed by atoms with Crippen molar-refractivity contribution in [1.82, 2.24) is 15.1 Å². The molecule has 0 radical (unpaired) electrons. The molecule has 0 aliphatic carbocycles. The van der Waals surface area contributed by atoms with Crippen molar-refractivity contribution in [2.24, 2.45) is 0 Å². The number of hydrogen-bond acceptors (Lipinski definition) is 2. The molecule has 0 saturated heterocycles. The Balaban J connectivity index is 2.95. The average molecular weight is 121 g/mol. The number of nitrogens with zero attached hydrogens (tertiary/aromatic N) is 3. The molecule has 4 heteroatoms. The predicted octanol–water partition coefficient (Wildman–Crippen LogP) is -0.457. The fourth-order valence-electron chi connectivity index (χ4n) is 0.708. The van der Waals surface area contributed by atoms with Gasteiger partial charge in [0, 0.05) is 6.07 Å². The fraction of sp³-hybridized carbons (Fsp3) is 0. The quantitative estimate of drug-likeness (QED) is 0.479. The summed E-state index contributed by atoms with van der Waals surface area (Å²) in [6.45, 7) is 0. The maximum atomic E-state index is 3.96. The van der Waals surface area contributed by atoms with Crippen LogP contribution in [0.15, 0.2) is 24.8 Å². The number of hydrogen-bond donors (Lipinski definition) is 1. The van der Waals surface area contributed by atoms with Gasteiger partial charge in [0.2, 0.25) is 0 Å². The van der Waals surface area contributed by atoms with Gasteiger partial charge in [-0.2, -0.15) is 0 Å². The van der Waals surface area contributed by atoms with E-state index in [0.29, 0.717) is 5.78 Å². The summed E-state index contributed by atoms with van der Waals surface area (Å²) in [6, 6.07) is 1.84. The van der Waals surface area contributed by atoms with E-state index < -0.39 is 0 Å². The number of nitrogens with one attached hydrogen (secondary N) is 1. The van der Waals surface area contributed by atoms with Crippen LogP contribution in [0.3, 0.4) is 0 Å². The van der Waals surface area contributed by atoms with E-state index in [1.54, 1.807) is 17.0 Å². The minimum Gasteiger partial charge on any atom is -0.217 e. The summed E-state index contributed by atoms with van der Waals surface area (Å²) in [6.07, 6.45) is 5.16. The number of fused-ring (bicyclic) bond motifs is 1. The number of aromatic nitrogens is 4. The van der Waals surface area contributed by atoms with E-state index >= 15 is 0 Å². The highest BCUT2D eigenvalue weighted by molar-refractivity contribution is 5.10. The van der Waals surface area contributed by atoms with E-state index in [0.717, 1.165) is 0 Å². The van der Waals surface area contributed by atoms with E-state index in [1.165, 1.54) is 0 Å². The topological polar surface area (TPSA) is 45.7 Å². The summed E-state index contributed by atoms with van der Waals surface area (Å²) in [5.41, 5.74) is 0. The van der Waals surface area contributed by atoms with Crippen molar-refractivity contribution in [3.05, 3.63) is 24.8 Å². The Labute approximate surface area is 51.2 Å². The number of rotatable bonds is 0. The molecule has 0 aromatic carbocycles. The molecule has 0 fully saturated rings. The third kappa shape index (κ3) is 0.561. The molecule has 2 aromatic rings. The second kappa shape index (κ2) is 1.51. The highest BCUT2D eigenvalue weighted by atomic mass is 15.3. The molecule has 0 amide bonds. The van der Waals surface area contributed by atoms with Crippen LogP contribution in [-0.4, -0.2) is 15.1 Å². The molecular formula is C5H5N4+. The molecule has 0 unspecified atom stereocenters. The summed E-state index contributed by atoms with van der Waals surface area (Å²) in [4.78, 5) is 7.88. The van der Waals surface area contributed by atoms with Gasteiger partial charge < -0.3 is 0 Å². The van der Waals surface area contributed by atoms with Gasteiger partial charge in [0.05, 0.1) is 6.20 Å². The van der Waals surface area contributed by atoms with Crippen LogP contribution < -0.4 is 4.52 Å². The molecule has 0 atom stereocenters. The van der Waals surface area contributed by atoms with Gasteiger partial charge in [-0.3, -0.25) is 0 Å². The first-order chi connectivity index (χ1) is 4.47. The van der Waals surface area contributed by atoms with Crippen molar-refractivity contribution in [2.45, 2.75) is 0 Å². The summed E-state index contributed by atoms with van der Waals surface area (Å²) >= 11 is 0. The Morgan fingerprint density at radius 1 is 1.44 bits per heavy atom. The molecule has 2 aromatic heterocycles. The zero-order valence-corrected chi connectivity index (χ0v) is 4.65. The minimum absolute atomic E-state index is 0.692. The first-order valence-electron chi connectivity index (χ1n) is 2.62. The van der Waals surface area contributed by atoms with Crippen LogP contribution in [-0.2, 0) is 0 Å². The lowest BCUT2D eigenvalue weighted by atomic mass is 10.7. The van der Waals surface area contributed by atoms with Gasteiger partial charge in [0.1, 0.15) is 6.20 Å². The van der Waals surface area contributed by atoms with Crippen molar-refractivity contribution < 1.29 is 4.52 Å². The van der Waals surface area contributed by atoms with Gasteiger partial charge in [0.15, 0.2) is 6.33 Å². The molecular weight excluding hydrogens is 116 g/mol. The maximum absolute atomic E-state index is 3.96. The summed E-state index contributed by atoms with van der Waals surface area (Å²) in [7, 11) is 0. The first kappa shape index (κ1) is 4.43. The Morgan fingerprint density at radius 3 is 3.33 bits per heavy atom. The lowest BCUT2D eigenvalue weighted by Crippen LogP contribution is -2.22. The monoisotopic (exact) mass is 121 g/mol. The molecule has 2 rings (SSSR count). The van der Waals surface area contributed by atoms with E-state index in [2.05, 4.69) is 15.1 Å². The molecule has 44 valence electrons. The lowest BCUT2D eigenvalue weighted by Gasteiger charge is -1.75. The number of aromatic amines is 1. The number of H-pyrrole nitrogens is 1. The highest BCUT2D eigenvalue weighted by Crippen LogP contribution is 1.78. The average Bonchev–Trinajstić information content (AvgIpc) is 2.33. The van der Waals surface area contributed by atoms with Crippen molar-refractivity contribution >= 4 is 5.78 Å². The van der Waals surface area contributed by atoms with Gasteiger partial charge in [-0.05, 0) is 0 Å². The Kier molecular flexibility index (Phi) is 0.745. The highest BCUT2D eigenvalue weighted by Gasteiger charge is 1.99. The molecule has 2 heterocycles. The van der Waals surface area contributed by atoms with E-state index in [1.807, 2.05) is 12.3 Å². The Bertz CT molecular complexity index is 283. The molecule has 0 aliphatic heterocycles. The normalized spacial score (nSPS) is 10.2. The van der Waals surface area contributed by atoms with Crippen LogP contribution in [0.1, 0.15) is 0 Å². The van der Waals surface area contributed by atoms with Crippen molar-refractivity contribution in [1.29, 1.82) is 0 Å². The molecule has 0 saturated carbocycles. The van der Waals surface area contributed by atoms with Gasteiger partial charge in [0.25, 0.3) is 0 Å². The SMILES string of the molecule is c1cnc2nc[nH][n+]2c1. The predicted molar refractivity (Wildman–Crippen MR) is 29.5 cm³/mol.